The van der Waals surface area contributed by atoms with E-state index < -0.39 is 22.3 Å². The highest BCUT2D eigenvalue weighted by molar-refractivity contribution is 7.99. The van der Waals surface area contributed by atoms with E-state index in [2.05, 4.69) is 5.32 Å². The molecule has 7 nitrogen and oxygen atoms in total. The lowest BCUT2D eigenvalue weighted by Gasteiger charge is -2.25. The zero-order chi connectivity index (χ0) is 25.8. The van der Waals surface area contributed by atoms with Crippen molar-refractivity contribution in [2.45, 2.75) is 30.1 Å². The SMILES string of the molecule is COc1ccc(CSC(Cc2ccccc2)C(/C=C/S(=O)(=O)O)NC(=O)OCc2ccccc2)cc1. The first-order chi connectivity index (χ1) is 17.3. The maximum absolute atomic E-state index is 12.7. The molecule has 3 rings (SSSR count). The minimum Gasteiger partial charge on any atom is -0.497 e. The van der Waals surface area contributed by atoms with E-state index in [4.69, 9.17) is 9.47 Å². The van der Waals surface area contributed by atoms with Gasteiger partial charge in [-0.1, -0.05) is 72.8 Å². The summed E-state index contributed by atoms with van der Waals surface area (Å²) in [5.74, 6) is 1.36. The Morgan fingerprint density at radius 3 is 2.14 bits per heavy atom. The molecule has 0 aromatic heterocycles. The summed E-state index contributed by atoms with van der Waals surface area (Å²) in [6.07, 6.45) is 1.14. The second kappa shape index (κ2) is 13.7. The highest BCUT2D eigenvalue weighted by atomic mass is 32.2. The summed E-state index contributed by atoms with van der Waals surface area (Å²) in [6.45, 7) is 0.0732. The lowest BCUT2D eigenvalue weighted by molar-refractivity contribution is 0.137. The number of thioether (sulfide) groups is 1. The molecule has 2 N–H and O–H groups in total. The van der Waals surface area contributed by atoms with Gasteiger partial charge in [0.15, 0.2) is 0 Å². The Labute approximate surface area is 216 Å². The molecule has 0 heterocycles. The second-order valence-electron chi connectivity index (χ2n) is 7.96. The Bertz CT molecular complexity index is 1220. The number of rotatable bonds is 12. The molecule has 0 saturated heterocycles. The van der Waals surface area contributed by atoms with Gasteiger partial charge in [-0.3, -0.25) is 4.55 Å². The summed E-state index contributed by atoms with van der Waals surface area (Å²) in [5, 5.41) is 3.20. The molecule has 2 unspecified atom stereocenters. The van der Waals surface area contributed by atoms with Crippen molar-refractivity contribution in [2.75, 3.05) is 7.11 Å². The van der Waals surface area contributed by atoms with E-state index in [0.29, 0.717) is 17.6 Å². The summed E-state index contributed by atoms with van der Waals surface area (Å²) in [4.78, 5) is 12.7. The molecule has 0 aliphatic heterocycles. The normalized spacial score (nSPS) is 13.2. The largest absolute Gasteiger partial charge is 0.497 e. The minimum absolute atomic E-state index is 0.0732. The van der Waals surface area contributed by atoms with Gasteiger partial charge in [0.2, 0.25) is 0 Å². The fourth-order valence-corrected chi connectivity index (χ4v) is 5.05. The van der Waals surface area contributed by atoms with Crippen LogP contribution in [0.1, 0.15) is 16.7 Å². The van der Waals surface area contributed by atoms with Crippen LogP contribution in [0.15, 0.2) is 96.4 Å². The number of ether oxygens (including phenoxy) is 2. The molecule has 3 aromatic carbocycles. The number of benzene rings is 3. The number of hydrogen-bond acceptors (Lipinski definition) is 6. The number of methoxy groups -OCH3 is 1. The zero-order valence-corrected chi connectivity index (χ0v) is 21.5. The third-order valence-electron chi connectivity index (χ3n) is 5.26. The van der Waals surface area contributed by atoms with Gasteiger partial charge in [0, 0.05) is 11.0 Å². The van der Waals surface area contributed by atoms with Gasteiger partial charge in [-0.25, -0.2) is 4.79 Å². The van der Waals surface area contributed by atoms with Crippen molar-refractivity contribution < 1.29 is 27.2 Å². The standard InChI is InChI=1S/C27H29NO6S2/c1-33-24-14-12-23(13-15-24)20-35-26(18-21-8-4-2-5-9-21)25(16-17-36(30,31)32)28-27(29)34-19-22-10-6-3-7-11-22/h2-17,25-26H,18-20H2,1H3,(H,28,29)(H,30,31,32)/b17-16+. The van der Waals surface area contributed by atoms with Gasteiger partial charge in [0.25, 0.3) is 10.1 Å². The molecular formula is C27H29NO6S2. The molecule has 0 aliphatic carbocycles. The Hall–Kier alpha value is -3.27. The molecule has 0 bridgehead atoms. The predicted octanol–water partition coefficient (Wildman–Crippen LogP) is 5.24. The fourth-order valence-electron chi connectivity index (χ4n) is 3.41. The van der Waals surface area contributed by atoms with E-state index in [9.17, 15) is 17.8 Å². The molecule has 0 saturated carbocycles. The van der Waals surface area contributed by atoms with Gasteiger partial charge in [-0.05, 0) is 41.3 Å². The number of carbonyl (C=O) groups is 1. The van der Waals surface area contributed by atoms with Crippen molar-refractivity contribution in [2.24, 2.45) is 0 Å². The quantitative estimate of drug-likeness (QED) is 0.311. The van der Waals surface area contributed by atoms with Crippen molar-refractivity contribution in [1.82, 2.24) is 5.32 Å². The molecule has 0 radical (unpaired) electrons. The van der Waals surface area contributed by atoms with E-state index >= 15 is 0 Å². The third-order valence-corrected chi connectivity index (χ3v) is 7.15. The molecule has 0 fully saturated rings. The molecule has 36 heavy (non-hydrogen) atoms. The van der Waals surface area contributed by atoms with Crippen LogP contribution < -0.4 is 10.1 Å². The van der Waals surface area contributed by atoms with Crippen molar-refractivity contribution in [3.05, 3.63) is 113 Å². The maximum atomic E-state index is 12.7. The van der Waals surface area contributed by atoms with Gasteiger partial charge < -0.3 is 14.8 Å². The summed E-state index contributed by atoms with van der Waals surface area (Å²) in [7, 11) is -2.78. The minimum atomic E-state index is -4.39. The van der Waals surface area contributed by atoms with Crippen molar-refractivity contribution >= 4 is 28.0 Å². The van der Waals surface area contributed by atoms with E-state index in [0.717, 1.165) is 22.4 Å². The van der Waals surface area contributed by atoms with Crippen LogP contribution in [0, 0.1) is 0 Å². The van der Waals surface area contributed by atoms with Gasteiger partial charge in [-0.2, -0.15) is 20.2 Å². The van der Waals surface area contributed by atoms with Crippen molar-refractivity contribution in [3.63, 3.8) is 0 Å². The van der Waals surface area contributed by atoms with Crippen molar-refractivity contribution in [1.29, 1.82) is 0 Å². The number of amides is 1. The zero-order valence-electron chi connectivity index (χ0n) is 19.8. The summed E-state index contributed by atoms with van der Waals surface area (Å²) < 4.78 is 42.8. The van der Waals surface area contributed by atoms with Gasteiger partial charge in [0.1, 0.15) is 12.4 Å². The summed E-state index contributed by atoms with van der Waals surface area (Å²) >= 11 is 1.56. The average molecular weight is 528 g/mol. The van der Waals surface area contributed by atoms with E-state index in [-0.39, 0.29) is 11.9 Å². The Morgan fingerprint density at radius 2 is 1.56 bits per heavy atom. The predicted molar refractivity (Wildman–Crippen MR) is 142 cm³/mol. The van der Waals surface area contributed by atoms with Gasteiger partial charge in [-0.15, -0.1) is 0 Å². The van der Waals surface area contributed by atoms with Crippen LogP contribution in [0.25, 0.3) is 0 Å². The van der Waals surface area contributed by atoms with Gasteiger partial charge >= 0.3 is 6.09 Å². The number of alkyl carbamates (subject to hydrolysis) is 1. The first kappa shape index (κ1) is 27.3. The maximum Gasteiger partial charge on any atom is 0.407 e. The van der Waals surface area contributed by atoms with Crippen LogP contribution in [0.2, 0.25) is 0 Å². The molecule has 9 heteroatoms. The molecule has 190 valence electrons. The van der Waals surface area contributed by atoms with E-state index in [1.54, 1.807) is 18.9 Å². The third kappa shape index (κ3) is 9.77. The fraction of sp³-hybridized carbons (Fsp3) is 0.222. The Balaban J connectivity index is 1.79. The molecule has 3 aromatic rings. The summed E-state index contributed by atoms with van der Waals surface area (Å²) in [5.41, 5.74) is 2.89. The molecule has 1 amide bonds. The second-order valence-corrected chi connectivity index (χ2v) is 10.5. The molecule has 2 atom stereocenters. The Morgan fingerprint density at radius 1 is 0.944 bits per heavy atom. The molecule has 0 aliphatic rings. The van der Waals surface area contributed by atoms with Crippen LogP contribution in [-0.2, 0) is 33.6 Å². The average Bonchev–Trinajstić information content (AvgIpc) is 2.89. The highest BCUT2D eigenvalue weighted by Gasteiger charge is 2.24. The van der Waals surface area contributed by atoms with Crippen LogP contribution in [-0.4, -0.2) is 37.5 Å². The lowest BCUT2D eigenvalue weighted by atomic mass is 10.0. The summed E-state index contributed by atoms with van der Waals surface area (Å²) in [6, 6.07) is 25.9. The van der Waals surface area contributed by atoms with E-state index in [1.165, 1.54) is 6.08 Å². The molecular weight excluding hydrogens is 498 g/mol. The first-order valence-electron chi connectivity index (χ1n) is 11.2. The number of hydrogen-bond donors (Lipinski definition) is 2. The van der Waals surface area contributed by atoms with Crippen molar-refractivity contribution in [3.8, 4) is 5.75 Å². The smallest absolute Gasteiger partial charge is 0.407 e. The Kier molecular flexibility index (Phi) is 10.4. The lowest BCUT2D eigenvalue weighted by Crippen LogP contribution is -2.42. The first-order valence-corrected chi connectivity index (χ1v) is 13.8. The van der Waals surface area contributed by atoms with Crippen LogP contribution in [0.3, 0.4) is 0 Å². The number of carbonyl (C=O) groups excluding carboxylic acids is 1. The van der Waals surface area contributed by atoms with Crippen LogP contribution in [0.5, 0.6) is 5.75 Å². The molecule has 0 spiro atoms. The number of nitrogens with one attached hydrogen (secondary N) is 1. The van der Waals surface area contributed by atoms with Gasteiger partial charge in [0.05, 0.1) is 18.6 Å². The van der Waals surface area contributed by atoms with E-state index in [1.807, 2.05) is 84.9 Å². The monoisotopic (exact) mass is 527 g/mol. The highest BCUT2D eigenvalue weighted by Crippen LogP contribution is 2.26. The van der Waals surface area contributed by atoms with Crippen LogP contribution in [0.4, 0.5) is 4.79 Å². The van der Waals surface area contributed by atoms with Crippen LogP contribution >= 0.6 is 11.8 Å². The topological polar surface area (TPSA) is 102 Å².